The first kappa shape index (κ1) is 12.1. The number of nitrogens with zero attached hydrogens (tertiary/aromatic N) is 3. The minimum Gasteiger partial charge on any atom is -0.496 e. The second-order valence-corrected chi connectivity index (χ2v) is 3.96. The SMILES string of the molecule is COc1ccc(C)cc1C(C#N)c1cccnn1. The van der Waals surface area contributed by atoms with Crippen LogP contribution >= 0.6 is 0 Å². The van der Waals surface area contributed by atoms with Crippen LogP contribution in [0.5, 0.6) is 5.75 Å². The lowest BCUT2D eigenvalue weighted by Crippen LogP contribution is -2.04. The van der Waals surface area contributed by atoms with Gasteiger partial charge in [0.25, 0.3) is 0 Å². The van der Waals surface area contributed by atoms with Crippen LogP contribution in [0, 0.1) is 18.3 Å². The maximum absolute atomic E-state index is 9.37. The van der Waals surface area contributed by atoms with Gasteiger partial charge in [0.15, 0.2) is 0 Å². The van der Waals surface area contributed by atoms with E-state index in [9.17, 15) is 5.26 Å². The maximum Gasteiger partial charge on any atom is 0.123 e. The summed E-state index contributed by atoms with van der Waals surface area (Å²) < 4.78 is 5.31. The predicted octanol–water partition coefficient (Wildman–Crippen LogP) is 2.45. The Kier molecular flexibility index (Phi) is 3.54. The Morgan fingerprint density at radius 3 is 2.78 bits per heavy atom. The van der Waals surface area contributed by atoms with E-state index >= 15 is 0 Å². The quantitative estimate of drug-likeness (QED) is 0.825. The van der Waals surface area contributed by atoms with E-state index in [4.69, 9.17) is 4.74 Å². The average molecular weight is 239 g/mol. The zero-order chi connectivity index (χ0) is 13.0. The van der Waals surface area contributed by atoms with Crippen LogP contribution < -0.4 is 4.74 Å². The van der Waals surface area contributed by atoms with Crippen molar-refractivity contribution < 1.29 is 4.74 Å². The average Bonchev–Trinajstić information content (AvgIpc) is 2.41. The highest BCUT2D eigenvalue weighted by atomic mass is 16.5. The maximum atomic E-state index is 9.37. The van der Waals surface area contributed by atoms with Gasteiger partial charge in [-0.2, -0.15) is 15.5 Å². The van der Waals surface area contributed by atoms with Crippen molar-refractivity contribution >= 4 is 0 Å². The summed E-state index contributed by atoms with van der Waals surface area (Å²) in [5, 5.41) is 17.2. The van der Waals surface area contributed by atoms with E-state index in [1.807, 2.05) is 25.1 Å². The van der Waals surface area contributed by atoms with Crippen LogP contribution in [0.3, 0.4) is 0 Å². The second kappa shape index (κ2) is 5.28. The molecule has 1 aromatic carbocycles. The molecule has 1 heterocycles. The van der Waals surface area contributed by atoms with Crippen LogP contribution in [0.2, 0.25) is 0 Å². The van der Waals surface area contributed by atoms with Gasteiger partial charge in [0.1, 0.15) is 11.7 Å². The van der Waals surface area contributed by atoms with Crippen LogP contribution in [0.25, 0.3) is 0 Å². The zero-order valence-electron chi connectivity index (χ0n) is 10.3. The van der Waals surface area contributed by atoms with Gasteiger partial charge in [0.2, 0.25) is 0 Å². The Bertz CT molecular complexity index is 575. The lowest BCUT2D eigenvalue weighted by molar-refractivity contribution is 0.409. The van der Waals surface area contributed by atoms with E-state index in [2.05, 4.69) is 16.3 Å². The highest BCUT2D eigenvalue weighted by Crippen LogP contribution is 2.30. The minimum atomic E-state index is -0.464. The molecule has 0 spiro atoms. The van der Waals surface area contributed by atoms with E-state index in [-0.39, 0.29) is 0 Å². The Morgan fingerprint density at radius 1 is 1.33 bits per heavy atom. The molecule has 0 amide bonds. The van der Waals surface area contributed by atoms with Gasteiger partial charge in [0.05, 0.1) is 18.9 Å². The monoisotopic (exact) mass is 239 g/mol. The van der Waals surface area contributed by atoms with E-state index < -0.39 is 5.92 Å². The molecule has 4 nitrogen and oxygen atoms in total. The molecule has 4 heteroatoms. The molecule has 0 radical (unpaired) electrons. The topological polar surface area (TPSA) is 58.8 Å². The molecular weight excluding hydrogens is 226 g/mol. The van der Waals surface area contributed by atoms with Crippen LogP contribution in [-0.4, -0.2) is 17.3 Å². The van der Waals surface area contributed by atoms with E-state index in [1.54, 1.807) is 25.4 Å². The third-order valence-electron chi connectivity index (χ3n) is 2.71. The van der Waals surface area contributed by atoms with Gasteiger partial charge in [-0.25, -0.2) is 0 Å². The van der Waals surface area contributed by atoms with Gasteiger partial charge < -0.3 is 4.74 Å². The number of hydrogen-bond acceptors (Lipinski definition) is 4. The van der Waals surface area contributed by atoms with Crippen LogP contribution in [0.4, 0.5) is 0 Å². The summed E-state index contributed by atoms with van der Waals surface area (Å²) in [5.41, 5.74) is 2.53. The highest BCUT2D eigenvalue weighted by Gasteiger charge is 2.19. The molecule has 18 heavy (non-hydrogen) atoms. The summed E-state index contributed by atoms with van der Waals surface area (Å²) in [6.07, 6.45) is 1.59. The first-order valence-corrected chi connectivity index (χ1v) is 5.58. The lowest BCUT2D eigenvalue weighted by Gasteiger charge is -2.13. The molecule has 1 unspecified atom stereocenters. The van der Waals surface area contributed by atoms with Gasteiger partial charge in [-0.3, -0.25) is 0 Å². The molecular formula is C14H13N3O. The van der Waals surface area contributed by atoms with Crippen molar-refractivity contribution in [1.29, 1.82) is 5.26 Å². The molecule has 2 rings (SSSR count). The van der Waals surface area contributed by atoms with Crippen LogP contribution in [0.1, 0.15) is 22.7 Å². The van der Waals surface area contributed by atoms with Crippen LogP contribution in [-0.2, 0) is 0 Å². The molecule has 1 aromatic heterocycles. The molecule has 0 bridgehead atoms. The minimum absolute atomic E-state index is 0.464. The Balaban J connectivity index is 2.52. The molecule has 0 aliphatic heterocycles. The lowest BCUT2D eigenvalue weighted by atomic mass is 9.94. The van der Waals surface area contributed by atoms with Crippen molar-refractivity contribution in [3.8, 4) is 11.8 Å². The molecule has 0 saturated carbocycles. The number of methoxy groups -OCH3 is 1. The van der Waals surface area contributed by atoms with E-state index in [0.717, 1.165) is 11.1 Å². The second-order valence-electron chi connectivity index (χ2n) is 3.96. The number of benzene rings is 1. The number of aryl methyl sites for hydroxylation is 1. The largest absolute Gasteiger partial charge is 0.496 e. The fourth-order valence-electron chi connectivity index (χ4n) is 1.84. The first-order valence-electron chi connectivity index (χ1n) is 5.58. The van der Waals surface area contributed by atoms with Crippen LogP contribution in [0.15, 0.2) is 36.5 Å². The summed E-state index contributed by atoms with van der Waals surface area (Å²) in [6, 6.07) is 11.6. The predicted molar refractivity (Wildman–Crippen MR) is 67.2 cm³/mol. The standard InChI is InChI=1S/C14H13N3O/c1-10-5-6-14(18-2)11(8-10)12(9-15)13-4-3-7-16-17-13/h3-8,12H,1-2H3. The number of aromatic nitrogens is 2. The summed E-state index contributed by atoms with van der Waals surface area (Å²) in [6.45, 7) is 1.98. The van der Waals surface area contributed by atoms with E-state index in [0.29, 0.717) is 11.4 Å². The van der Waals surface area contributed by atoms with Gasteiger partial charge in [0, 0.05) is 11.8 Å². The summed E-state index contributed by atoms with van der Waals surface area (Å²) in [7, 11) is 1.60. The molecule has 90 valence electrons. The highest BCUT2D eigenvalue weighted by molar-refractivity contribution is 5.45. The molecule has 0 saturated heterocycles. The van der Waals surface area contributed by atoms with E-state index in [1.165, 1.54) is 0 Å². The molecule has 0 aliphatic carbocycles. The molecule has 0 fully saturated rings. The Morgan fingerprint density at radius 2 is 2.17 bits per heavy atom. The summed E-state index contributed by atoms with van der Waals surface area (Å²) >= 11 is 0. The Hall–Kier alpha value is -2.41. The van der Waals surface area contributed by atoms with Gasteiger partial charge in [-0.1, -0.05) is 17.7 Å². The van der Waals surface area contributed by atoms with Crippen molar-refractivity contribution in [2.75, 3.05) is 7.11 Å². The van der Waals surface area contributed by atoms with Crippen molar-refractivity contribution in [3.63, 3.8) is 0 Å². The van der Waals surface area contributed by atoms with Crippen molar-refractivity contribution in [2.45, 2.75) is 12.8 Å². The van der Waals surface area contributed by atoms with Crippen molar-refractivity contribution in [1.82, 2.24) is 10.2 Å². The number of nitriles is 1. The molecule has 0 aliphatic rings. The first-order chi connectivity index (χ1) is 8.76. The smallest absolute Gasteiger partial charge is 0.123 e. The summed E-state index contributed by atoms with van der Waals surface area (Å²) in [4.78, 5) is 0. The van der Waals surface area contributed by atoms with Gasteiger partial charge in [-0.15, -0.1) is 0 Å². The third kappa shape index (κ3) is 2.30. The van der Waals surface area contributed by atoms with Crippen molar-refractivity contribution in [2.24, 2.45) is 0 Å². The number of hydrogen-bond donors (Lipinski definition) is 0. The molecule has 0 N–H and O–H groups in total. The number of rotatable bonds is 3. The molecule has 2 aromatic rings. The zero-order valence-corrected chi connectivity index (χ0v) is 10.3. The summed E-state index contributed by atoms with van der Waals surface area (Å²) in [5.74, 6) is 0.228. The normalized spacial score (nSPS) is 11.6. The molecule has 1 atom stereocenters. The third-order valence-corrected chi connectivity index (χ3v) is 2.71. The fourth-order valence-corrected chi connectivity index (χ4v) is 1.84. The van der Waals surface area contributed by atoms with Gasteiger partial charge >= 0.3 is 0 Å². The Labute approximate surface area is 106 Å². The fraction of sp³-hybridized carbons (Fsp3) is 0.214. The van der Waals surface area contributed by atoms with Crippen molar-refractivity contribution in [3.05, 3.63) is 53.3 Å². The number of ether oxygens (including phenoxy) is 1. The van der Waals surface area contributed by atoms with Gasteiger partial charge in [-0.05, 0) is 25.1 Å².